The van der Waals surface area contributed by atoms with Crippen LogP contribution in [-0.2, 0) is 0 Å². The zero-order chi connectivity index (χ0) is 15.4. The van der Waals surface area contributed by atoms with Gasteiger partial charge >= 0.3 is 152 Å². The first-order valence-corrected chi connectivity index (χ1v) is 30.6. The van der Waals surface area contributed by atoms with Gasteiger partial charge in [-0.25, -0.2) is 0 Å². The van der Waals surface area contributed by atoms with Crippen molar-refractivity contribution in [1.29, 1.82) is 0 Å². The molecule has 0 aliphatic carbocycles. The molecule has 0 aromatic carbocycles. The molecule has 0 atom stereocenters. The first-order valence-electron chi connectivity index (χ1n) is 7.29. The molecule has 0 aliphatic rings. The zero-order valence-corrected chi connectivity index (χ0v) is 22.6. The van der Waals surface area contributed by atoms with Crippen LogP contribution in [0.2, 0.25) is 29.6 Å². The molecule has 0 aliphatic heterocycles. The van der Waals surface area contributed by atoms with E-state index in [1.165, 1.54) is 14.3 Å². The molecule has 3 aromatic rings. The van der Waals surface area contributed by atoms with Gasteiger partial charge in [0.1, 0.15) is 0 Å². The van der Waals surface area contributed by atoms with E-state index in [2.05, 4.69) is 65.2 Å². The van der Waals surface area contributed by atoms with Gasteiger partial charge in [-0.05, 0) is 0 Å². The molecule has 0 nitrogen and oxygen atoms in total. The fraction of sp³-hybridized carbons (Fsp3) is 0.375. The zero-order valence-electron chi connectivity index (χ0n) is 13.5. The van der Waals surface area contributed by atoms with Gasteiger partial charge < -0.3 is 0 Å². The Labute approximate surface area is 150 Å². The third-order valence-electron chi connectivity index (χ3n) is 3.53. The van der Waals surface area contributed by atoms with Gasteiger partial charge in [0.15, 0.2) is 0 Å². The Morgan fingerprint density at radius 1 is 0.810 bits per heavy atom. The summed E-state index contributed by atoms with van der Waals surface area (Å²) in [6.07, 6.45) is 0. The molecule has 5 heteroatoms. The van der Waals surface area contributed by atoms with E-state index in [4.69, 9.17) is 0 Å². The summed E-state index contributed by atoms with van der Waals surface area (Å²) in [6, 6.07) is 9.84. The van der Waals surface area contributed by atoms with Crippen molar-refractivity contribution < 1.29 is 0 Å². The normalized spacial score (nSPS) is 13.2. The topological polar surface area (TPSA) is 0 Å². The number of fused-ring (bicyclic) bond motifs is 1. The van der Waals surface area contributed by atoms with E-state index < -0.39 is 36.8 Å². The Morgan fingerprint density at radius 2 is 1.48 bits per heavy atom. The van der Waals surface area contributed by atoms with E-state index in [9.17, 15) is 0 Å². The fourth-order valence-electron chi connectivity index (χ4n) is 2.20. The second kappa shape index (κ2) is 5.96. The number of hydrogen-bond donors (Lipinski definition) is 0. The summed E-state index contributed by atoms with van der Waals surface area (Å²) >= 11 is 0.986. The summed E-state index contributed by atoms with van der Waals surface area (Å²) < 4.78 is 8.23. The molecule has 0 unspecified atom stereocenters. The summed E-state index contributed by atoms with van der Waals surface area (Å²) in [5.41, 5.74) is 0. The Balaban J connectivity index is 1.98. The summed E-state index contributed by atoms with van der Waals surface area (Å²) in [5.74, 6) is 0. The molecule has 3 aromatic heterocycles. The monoisotopic (exact) mass is 598 g/mol. The van der Waals surface area contributed by atoms with Gasteiger partial charge in [-0.3, -0.25) is 0 Å². The molecular formula is C16H22S2SeSn2. The van der Waals surface area contributed by atoms with Crippen LogP contribution < -0.4 is 5.35 Å². The predicted molar refractivity (Wildman–Crippen MR) is 108 cm³/mol. The van der Waals surface area contributed by atoms with Crippen LogP contribution in [0.25, 0.3) is 18.7 Å². The van der Waals surface area contributed by atoms with Crippen LogP contribution in [0, 0.1) is 0 Å². The summed E-state index contributed by atoms with van der Waals surface area (Å²) in [7, 11) is 0. The quantitative estimate of drug-likeness (QED) is 0.383. The van der Waals surface area contributed by atoms with Crippen molar-refractivity contribution in [2.24, 2.45) is 0 Å². The molecule has 0 bridgehead atoms. The Kier molecular flexibility index (Phi) is 4.85. The molecule has 0 saturated carbocycles. The van der Waals surface area contributed by atoms with Crippen molar-refractivity contribution in [1.82, 2.24) is 0 Å². The second-order valence-electron chi connectivity index (χ2n) is 7.61. The number of rotatable bonds is 3. The van der Waals surface area contributed by atoms with Gasteiger partial charge in [0.2, 0.25) is 0 Å². The summed E-state index contributed by atoms with van der Waals surface area (Å²) in [5, 5.41) is 0. The molecular weight excluding hydrogens is 573 g/mol. The molecule has 21 heavy (non-hydrogen) atoms. The van der Waals surface area contributed by atoms with Crippen molar-refractivity contribution in [3.8, 4) is 9.31 Å². The van der Waals surface area contributed by atoms with Crippen molar-refractivity contribution >= 4 is 88.7 Å². The first kappa shape index (κ1) is 17.1. The van der Waals surface area contributed by atoms with Gasteiger partial charge in [-0.15, -0.1) is 0 Å². The third kappa shape index (κ3) is 3.68. The van der Waals surface area contributed by atoms with E-state index in [1.54, 1.807) is 7.33 Å². The Morgan fingerprint density at radius 3 is 2.00 bits per heavy atom. The van der Waals surface area contributed by atoms with Gasteiger partial charge in [-0.1, -0.05) is 0 Å². The van der Waals surface area contributed by atoms with E-state index in [-0.39, 0.29) is 0 Å². The molecule has 3 rings (SSSR count). The van der Waals surface area contributed by atoms with Crippen LogP contribution in [-0.4, -0.2) is 51.3 Å². The van der Waals surface area contributed by atoms with Crippen LogP contribution in [0.15, 0.2) is 24.3 Å². The molecule has 3 heterocycles. The second-order valence-corrected chi connectivity index (χ2v) is 44.2. The maximum atomic E-state index is 2.54. The van der Waals surface area contributed by atoms with Crippen LogP contribution >= 0.6 is 22.7 Å². The first-order chi connectivity index (χ1) is 9.64. The minimum absolute atomic E-state index is 0.605. The van der Waals surface area contributed by atoms with Crippen molar-refractivity contribution in [2.45, 2.75) is 29.6 Å². The van der Waals surface area contributed by atoms with Crippen LogP contribution in [0.4, 0.5) is 0 Å². The maximum absolute atomic E-state index is 2.54. The molecule has 0 spiro atoms. The molecule has 0 N–H and O–H groups in total. The van der Waals surface area contributed by atoms with Crippen molar-refractivity contribution in [2.75, 3.05) is 0 Å². The predicted octanol–water partition coefficient (Wildman–Crippen LogP) is 4.78. The Bertz CT molecular complexity index is 750. The van der Waals surface area contributed by atoms with Gasteiger partial charge in [0.25, 0.3) is 0 Å². The Hall–Kier alpha value is 1.26. The fourth-order valence-corrected chi connectivity index (χ4v) is 20.4. The summed E-state index contributed by atoms with van der Waals surface area (Å²) in [4.78, 5) is 16.7. The number of thiophene rings is 2. The minimum atomic E-state index is -1.88. The van der Waals surface area contributed by atoms with Gasteiger partial charge in [-0.2, -0.15) is 0 Å². The van der Waals surface area contributed by atoms with E-state index >= 15 is 0 Å². The van der Waals surface area contributed by atoms with Crippen molar-refractivity contribution in [3.63, 3.8) is 0 Å². The van der Waals surface area contributed by atoms with Crippen molar-refractivity contribution in [3.05, 3.63) is 24.3 Å². The average Bonchev–Trinajstić information content (AvgIpc) is 2.99. The third-order valence-corrected chi connectivity index (χ3v) is 32.4. The van der Waals surface area contributed by atoms with E-state index in [1.807, 2.05) is 13.8 Å². The molecule has 0 radical (unpaired) electrons. The van der Waals surface area contributed by atoms with Gasteiger partial charge in [0, 0.05) is 0 Å². The standard InChI is InChI=1S/C10H4S2Se.6CH3.2Sn/c1-2-10(13-5-1)9-6-8-7(12-9)3-4-11-8;;;;;;;;/h1-3,6H;6*1H3;;. The molecule has 0 fully saturated rings. The molecule has 112 valence electrons. The SMILES string of the molecule is [CH3][Sn]([CH3])([CH3])[c]1cc2sc(-c3cc[c]([Sn]([CH3])([CH3])[CH3])[se]3)cc2s1. The number of hydrogen-bond acceptors (Lipinski definition) is 2. The van der Waals surface area contributed by atoms with Crippen LogP contribution in [0.1, 0.15) is 0 Å². The summed E-state index contributed by atoms with van der Waals surface area (Å²) in [6.45, 7) is 0. The van der Waals surface area contributed by atoms with Crippen LogP contribution in [0.3, 0.4) is 0 Å². The van der Waals surface area contributed by atoms with E-state index in [0.29, 0.717) is 14.5 Å². The van der Waals surface area contributed by atoms with Gasteiger partial charge in [0.05, 0.1) is 0 Å². The molecule has 0 amide bonds. The van der Waals surface area contributed by atoms with E-state index in [0.717, 1.165) is 0 Å². The molecule has 0 saturated heterocycles. The average molecular weight is 595 g/mol. The van der Waals surface area contributed by atoms with Crippen LogP contribution in [0.5, 0.6) is 0 Å².